The molecule has 0 fully saturated rings. The normalized spacial score (nSPS) is 10.8. The standard InChI is InChI=1S/C23H21N3O3/c1-3-29-17-9-10-18-19(12-16-7-4-8-20(25-16)23(27)28-2)22(26-21(18)13-17)15-6-5-11-24-14-15/h4-11,13-14,26H,3,12H2,1-2H3. The fraction of sp³-hybridized carbons (Fsp3) is 0.174. The van der Waals surface area contributed by atoms with Crippen LogP contribution in [0.1, 0.15) is 28.7 Å². The number of carbonyl (C=O) groups excluding carboxylic acids is 1. The summed E-state index contributed by atoms with van der Waals surface area (Å²) in [6, 6.07) is 15.3. The smallest absolute Gasteiger partial charge is 0.356 e. The summed E-state index contributed by atoms with van der Waals surface area (Å²) in [5, 5.41) is 1.08. The number of methoxy groups -OCH3 is 1. The Kier molecular flexibility index (Phi) is 5.24. The van der Waals surface area contributed by atoms with Gasteiger partial charge >= 0.3 is 5.97 Å². The number of aromatic nitrogens is 3. The van der Waals surface area contributed by atoms with Crippen LogP contribution in [0.2, 0.25) is 0 Å². The Labute approximate surface area is 168 Å². The molecule has 1 N–H and O–H groups in total. The van der Waals surface area contributed by atoms with Crippen molar-refractivity contribution in [2.24, 2.45) is 0 Å². The lowest BCUT2D eigenvalue weighted by atomic mass is 10.0. The summed E-state index contributed by atoms with van der Waals surface area (Å²) in [6.45, 7) is 2.57. The Morgan fingerprint density at radius 3 is 2.79 bits per heavy atom. The maximum Gasteiger partial charge on any atom is 0.356 e. The summed E-state index contributed by atoms with van der Waals surface area (Å²) in [4.78, 5) is 24.1. The average Bonchev–Trinajstić information content (AvgIpc) is 3.12. The molecule has 0 atom stereocenters. The van der Waals surface area contributed by atoms with Gasteiger partial charge in [-0.1, -0.05) is 6.07 Å². The summed E-state index contributed by atoms with van der Waals surface area (Å²) in [5.74, 6) is 0.371. The van der Waals surface area contributed by atoms with E-state index in [4.69, 9.17) is 9.47 Å². The second-order valence-corrected chi connectivity index (χ2v) is 6.54. The van der Waals surface area contributed by atoms with Crippen molar-refractivity contribution < 1.29 is 14.3 Å². The zero-order valence-electron chi connectivity index (χ0n) is 16.3. The maximum absolute atomic E-state index is 11.9. The molecule has 4 aromatic rings. The molecule has 0 unspecified atom stereocenters. The molecule has 146 valence electrons. The Bertz CT molecular complexity index is 1150. The summed E-state index contributed by atoms with van der Waals surface area (Å²) >= 11 is 0. The van der Waals surface area contributed by atoms with E-state index in [1.807, 2.05) is 49.5 Å². The van der Waals surface area contributed by atoms with Crippen LogP contribution in [0.15, 0.2) is 60.9 Å². The van der Waals surface area contributed by atoms with Crippen LogP contribution in [-0.2, 0) is 11.2 Å². The lowest BCUT2D eigenvalue weighted by Crippen LogP contribution is -2.06. The van der Waals surface area contributed by atoms with Crippen molar-refractivity contribution in [3.05, 3.63) is 77.9 Å². The van der Waals surface area contributed by atoms with Gasteiger partial charge in [-0.3, -0.25) is 4.98 Å². The molecule has 4 rings (SSSR count). The first kappa shape index (κ1) is 18.7. The van der Waals surface area contributed by atoms with Crippen LogP contribution in [0, 0.1) is 0 Å². The third kappa shape index (κ3) is 3.82. The van der Waals surface area contributed by atoms with E-state index in [0.717, 1.165) is 39.2 Å². The molecule has 0 aliphatic rings. The van der Waals surface area contributed by atoms with E-state index in [9.17, 15) is 4.79 Å². The van der Waals surface area contributed by atoms with E-state index >= 15 is 0 Å². The monoisotopic (exact) mass is 387 g/mol. The summed E-state index contributed by atoms with van der Waals surface area (Å²) in [5.41, 5.74) is 5.12. The van der Waals surface area contributed by atoms with Gasteiger partial charge in [-0.25, -0.2) is 9.78 Å². The summed E-state index contributed by atoms with van der Waals surface area (Å²) < 4.78 is 10.4. The molecule has 0 aliphatic carbocycles. The largest absolute Gasteiger partial charge is 0.494 e. The topological polar surface area (TPSA) is 77.1 Å². The average molecular weight is 387 g/mol. The predicted octanol–water partition coefficient (Wildman–Crippen LogP) is 4.40. The van der Waals surface area contributed by atoms with Crippen molar-refractivity contribution in [1.29, 1.82) is 0 Å². The van der Waals surface area contributed by atoms with E-state index in [1.54, 1.807) is 12.3 Å². The zero-order chi connectivity index (χ0) is 20.2. The number of rotatable bonds is 6. The van der Waals surface area contributed by atoms with Crippen molar-refractivity contribution in [2.75, 3.05) is 13.7 Å². The lowest BCUT2D eigenvalue weighted by molar-refractivity contribution is 0.0593. The van der Waals surface area contributed by atoms with Crippen LogP contribution in [0.25, 0.3) is 22.2 Å². The van der Waals surface area contributed by atoms with Gasteiger partial charge in [0.1, 0.15) is 11.4 Å². The Morgan fingerprint density at radius 1 is 1.14 bits per heavy atom. The van der Waals surface area contributed by atoms with Crippen molar-refractivity contribution in [2.45, 2.75) is 13.3 Å². The molecule has 0 aliphatic heterocycles. The number of nitrogens with one attached hydrogen (secondary N) is 1. The minimum Gasteiger partial charge on any atom is -0.494 e. The first-order valence-electron chi connectivity index (χ1n) is 9.41. The van der Waals surface area contributed by atoms with E-state index in [1.165, 1.54) is 7.11 Å². The molecule has 3 aromatic heterocycles. The van der Waals surface area contributed by atoms with Gasteiger partial charge in [0, 0.05) is 47.0 Å². The highest BCUT2D eigenvalue weighted by Crippen LogP contribution is 2.33. The van der Waals surface area contributed by atoms with Gasteiger partial charge in [0.25, 0.3) is 0 Å². The molecule has 0 bridgehead atoms. The summed E-state index contributed by atoms with van der Waals surface area (Å²) in [6.07, 6.45) is 4.14. The van der Waals surface area contributed by atoms with E-state index in [2.05, 4.69) is 21.0 Å². The molecule has 0 amide bonds. The van der Waals surface area contributed by atoms with Crippen LogP contribution in [0.5, 0.6) is 5.75 Å². The summed E-state index contributed by atoms with van der Waals surface area (Å²) in [7, 11) is 1.35. The minimum absolute atomic E-state index is 0.298. The van der Waals surface area contributed by atoms with E-state index in [0.29, 0.717) is 18.7 Å². The van der Waals surface area contributed by atoms with Crippen LogP contribution in [0.3, 0.4) is 0 Å². The fourth-order valence-electron chi connectivity index (χ4n) is 3.41. The van der Waals surface area contributed by atoms with Crippen LogP contribution in [-0.4, -0.2) is 34.6 Å². The minimum atomic E-state index is -0.445. The molecule has 6 heteroatoms. The maximum atomic E-state index is 11.9. The molecular weight excluding hydrogens is 366 g/mol. The Hall–Kier alpha value is -3.67. The highest BCUT2D eigenvalue weighted by atomic mass is 16.5. The molecule has 0 saturated carbocycles. The van der Waals surface area contributed by atoms with Crippen LogP contribution < -0.4 is 4.74 Å². The molecule has 29 heavy (non-hydrogen) atoms. The highest BCUT2D eigenvalue weighted by molar-refractivity contribution is 5.92. The van der Waals surface area contributed by atoms with Crippen LogP contribution >= 0.6 is 0 Å². The first-order chi connectivity index (χ1) is 14.2. The van der Waals surface area contributed by atoms with Crippen molar-refractivity contribution in [1.82, 2.24) is 15.0 Å². The molecule has 3 heterocycles. The number of hydrogen-bond acceptors (Lipinski definition) is 5. The van der Waals surface area contributed by atoms with E-state index in [-0.39, 0.29) is 0 Å². The highest BCUT2D eigenvalue weighted by Gasteiger charge is 2.16. The number of nitrogens with zero attached hydrogens (tertiary/aromatic N) is 2. The van der Waals surface area contributed by atoms with Crippen molar-refractivity contribution in [3.63, 3.8) is 0 Å². The Balaban J connectivity index is 1.82. The van der Waals surface area contributed by atoms with Gasteiger partial charge in [-0.2, -0.15) is 0 Å². The zero-order valence-corrected chi connectivity index (χ0v) is 16.3. The number of hydrogen-bond donors (Lipinski definition) is 1. The predicted molar refractivity (Wildman–Crippen MR) is 111 cm³/mol. The van der Waals surface area contributed by atoms with Crippen molar-refractivity contribution in [3.8, 4) is 17.0 Å². The lowest BCUT2D eigenvalue weighted by Gasteiger charge is -2.07. The number of H-pyrrole nitrogens is 1. The van der Waals surface area contributed by atoms with Gasteiger partial charge in [0.2, 0.25) is 0 Å². The van der Waals surface area contributed by atoms with Gasteiger partial charge < -0.3 is 14.5 Å². The third-order valence-electron chi connectivity index (χ3n) is 4.70. The number of aromatic amines is 1. The second-order valence-electron chi connectivity index (χ2n) is 6.54. The molecule has 0 spiro atoms. The molecule has 0 radical (unpaired) electrons. The third-order valence-corrected chi connectivity index (χ3v) is 4.70. The second kappa shape index (κ2) is 8.14. The van der Waals surface area contributed by atoms with E-state index < -0.39 is 5.97 Å². The number of carbonyl (C=O) groups is 1. The van der Waals surface area contributed by atoms with Crippen LogP contribution in [0.4, 0.5) is 0 Å². The number of pyridine rings is 2. The van der Waals surface area contributed by atoms with Gasteiger partial charge in [-0.05, 0) is 48.9 Å². The number of benzene rings is 1. The molecular formula is C23H21N3O3. The molecule has 0 saturated heterocycles. The quantitative estimate of drug-likeness (QED) is 0.496. The molecule has 6 nitrogen and oxygen atoms in total. The first-order valence-corrected chi connectivity index (χ1v) is 9.41. The number of ether oxygens (including phenoxy) is 2. The van der Waals surface area contributed by atoms with Gasteiger partial charge in [0.05, 0.1) is 19.4 Å². The van der Waals surface area contributed by atoms with Crippen molar-refractivity contribution >= 4 is 16.9 Å². The van der Waals surface area contributed by atoms with Gasteiger partial charge in [-0.15, -0.1) is 0 Å². The SMILES string of the molecule is CCOc1ccc2c(Cc3cccc(C(=O)OC)n3)c(-c3cccnc3)[nH]c2c1. The fourth-order valence-corrected chi connectivity index (χ4v) is 3.41. The Morgan fingerprint density at radius 2 is 2.03 bits per heavy atom. The molecule has 1 aromatic carbocycles. The van der Waals surface area contributed by atoms with Gasteiger partial charge in [0.15, 0.2) is 0 Å². The number of fused-ring (bicyclic) bond motifs is 1. The number of esters is 1.